The smallest absolute Gasteiger partial charge is 0.367 e. The number of benzene rings is 1. The van der Waals surface area contributed by atoms with Gasteiger partial charge in [-0.15, -0.1) is 0 Å². The number of fused-ring (bicyclic) bond motifs is 1. The summed E-state index contributed by atoms with van der Waals surface area (Å²) in [5.74, 6) is -1.58. The maximum atomic E-state index is 14.1. The van der Waals surface area contributed by atoms with Crippen LogP contribution in [0.3, 0.4) is 0 Å². The molecule has 1 fully saturated rings. The fourth-order valence-electron chi connectivity index (χ4n) is 4.80. The molecule has 2 atom stereocenters. The maximum absolute atomic E-state index is 14.1. The van der Waals surface area contributed by atoms with Crippen LogP contribution >= 0.6 is 11.3 Å². The van der Waals surface area contributed by atoms with Crippen molar-refractivity contribution in [3.8, 4) is 0 Å². The van der Waals surface area contributed by atoms with E-state index in [1.165, 1.54) is 37.5 Å². The van der Waals surface area contributed by atoms with E-state index >= 15 is 0 Å². The molecule has 0 bridgehead atoms. The second-order valence-electron chi connectivity index (χ2n) is 9.53. The quantitative estimate of drug-likeness (QED) is 0.334. The van der Waals surface area contributed by atoms with Gasteiger partial charge in [-0.3, -0.25) is 4.79 Å². The molecule has 40 heavy (non-hydrogen) atoms. The van der Waals surface area contributed by atoms with Crippen LogP contribution in [-0.4, -0.2) is 67.5 Å². The lowest BCUT2D eigenvalue weighted by Crippen LogP contribution is -2.41. The van der Waals surface area contributed by atoms with Crippen LogP contribution in [0, 0.1) is 12.8 Å². The molecule has 1 aliphatic rings. The zero-order chi connectivity index (χ0) is 29.4. The van der Waals surface area contributed by atoms with Gasteiger partial charge in [0.15, 0.2) is 6.10 Å². The normalized spacial score (nSPS) is 17.6. The summed E-state index contributed by atoms with van der Waals surface area (Å²) in [4.78, 5) is 22.6. The molecule has 218 valence electrons. The van der Waals surface area contributed by atoms with E-state index in [4.69, 9.17) is 4.74 Å². The standard InChI is InChI=1S/C25H27F5N4O4S2/c1-13-32-19-18(21(38-3)25(28,29)30)17(12-31-23(19)39-13)33-16-6-4-14(5-7-16)20(22(26)27)34(2)24(35)15-8-10-40(36,37)11-9-15/h4-7,12,15,20-22,33H,8-11H2,1-3H3/t20-,21+/m0/s1. The van der Waals surface area contributed by atoms with Gasteiger partial charge in [0.25, 0.3) is 6.43 Å². The Bertz CT molecular complexity index is 1460. The molecule has 0 radical (unpaired) electrons. The molecule has 1 N–H and O–H groups in total. The van der Waals surface area contributed by atoms with Gasteiger partial charge in [0, 0.05) is 31.3 Å². The van der Waals surface area contributed by atoms with Crippen LogP contribution < -0.4 is 5.32 Å². The molecular weight excluding hydrogens is 579 g/mol. The number of rotatable bonds is 8. The van der Waals surface area contributed by atoms with E-state index in [-0.39, 0.29) is 52.4 Å². The number of sulfone groups is 1. The van der Waals surface area contributed by atoms with Crippen LogP contribution in [0.5, 0.6) is 0 Å². The first-order valence-corrected chi connectivity index (χ1v) is 14.8. The topological polar surface area (TPSA) is 101 Å². The van der Waals surface area contributed by atoms with Gasteiger partial charge in [0.2, 0.25) is 5.91 Å². The Hall–Kier alpha value is -2.91. The highest BCUT2D eigenvalue weighted by Crippen LogP contribution is 2.43. The first kappa shape index (κ1) is 30.1. The monoisotopic (exact) mass is 606 g/mol. The van der Waals surface area contributed by atoms with Crippen LogP contribution in [0.25, 0.3) is 10.3 Å². The maximum Gasteiger partial charge on any atom is 0.419 e. The SMILES string of the molecule is CO[C@H](c1c(Nc2ccc([C@@H](C(F)F)N(C)C(=O)C3CCS(=O)(=O)CC3)cc2)cnc2sc(C)nc12)C(F)(F)F. The van der Waals surface area contributed by atoms with Crippen LogP contribution in [0.15, 0.2) is 30.5 Å². The summed E-state index contributed by atoms with van der Waals surface area (Å²) in [7, 11) is -1.04. The first-order chi connectivity index (χ1) is 18.7. The third kappa shape index (κ3) is 6.36. The molecule has 1 saturated heterocycles. The number of hydrogen-bond donors (Lipinski definition) is 1. The molecule has 0 aliphatic carbocycles. The molecule has 1 aliphatic heterocycles. The number of amides is 1. The Morgan fingerprint density at radius 3 is 2.35 bits per heavy atom. The van der Waals surface area contributed by atoms with Crippen LogP contribution in [0.1, 0.15) is 41.1 Å². The van der Waals surface area contributed by atoms with Gasteiger partial charge in [0.05, 0.1) is 28.4 Å². The zero-order valence-electron chi connectivity index (χ0n) is 21.7. The largest absolute Gasteiger partial charge is 0.419 e. The van der Waals surface area contributed by atoms with Crippen LogP contribution in [-0.2, 0) is 19.4 Å². The number of carbonyl (C=O) groups is 1. The number of halogens is 5. The van der Waals surface area contributed by atoms with Gasteiger partial charge in [-0.1, -0.05) is 23.5 Å². The van der Waals surface area contributed by atoms with E-state index < -0.39 is 46.4 Å². The second kappa shape index (κ2) is 11.5. The van der Waals surface area contributed by atoms with E-state index in [0.717, 1.165) is 23.3 Å². The molecule has 15 heteroatoms. The molecule has 1 aromatic carbocycles. The fourth-order valence-corrected chi connectivity index (χ4v) is 7.06. The highest BCUT2D eigenvalue weighted by molar-refractivity contribution is 7.91. The minimum Gasteiger partial charge on any atom is -0.367 e. The average molecular weight is 607 g/mol. The highest BCUT2D eigenvalue weighted by Gasteiger charge is 2.44. The number of aryl methyl sites for hydroxylation is 1. The van der Waals surface area contributed by atoms with Crippen molar-refractivity contribution in [3.63, 3.8) is 0 Å². The highest BCUT2D eigenvalue weighted by atomic mass is 32.2. The lowest BCUT2D eigenvalue weighted by atomic mass is 9.98. The molecular formula is C25H27F5N4O4S2. The Balaban J connectivity index is 1.60. The number of aromatic nitrogens is 2. The lowest BCUT2D eigenvalue weighted by molar-refractivity contribution is -0.215. The number of ether oxygens (including phenoxy) is 1. The first-order valence-electron chi connectivity index (χ1n) is 12.2. The van der Waals surface area contributed by atoms with Crippen LogP contribution in [0.4, 0.5) is 33.3 Å². The fraction of sp³-hybridized carbons (Fsp3) is 0.480. The van der Waals surface area contributed by atoms with Crippen molar-refractivity contribution in [3.05, 3.63) is 46.6 Å². The molecule has 3 aromatic rings. The summed E-state index contributed by atoms with van der Waals surface area (Å²) in [5, 5.41) is 3.39. The molecule has 0 unspecified atom stereocenters. The number of hydrogen-bond acceptors (Lipinski definition) is 8. The van der Waals surface area contributed by atoms with Gasteiger partial charge >= 0.3 is 6.18 Å². The summed E-state index contributed by atoms with van der Waals surface area (Å²) in [5.41, 5.74) is 0.170. The Morgan fingerprint density at radius 2 is 1.80 bits per heavy atom. The summed E-state index contributed by atoms with van der Waals surface area (Å²) in [6, 6.07) is 3.92. The van der Waals surface area contributed by atoms with Gasteiger partial charge < -0.3 is 15.0 Å². The lowest BCUT2D eigenvalue weighted by Gasteiger charge is -2.32. The summed E-state index contributed by atoms with van der Waals surface area (Å²) in [6.45, 7) is 1.65. The van der Waals surface area contributed by atoms with Crippen molar-refractivity contribution in [1.29, 1.82) is 0 Å². The van der Waals surface area contributed by atoms with Crippen molar-refractivity contribution in [2.75, 3.05) is 31.0 Å². The number of methoxy groups -OCH3 is 1. The minimum atomic E-state index is -4.75. The van der Waals surface area contributed by atoms with Gasteiger partial charge in [0.1, 0.15) is 26.2 Å². The van der Waals surface area contributed by atoms with Crippen molar-refractivity contribution >= 4 is 48.8 Å². The minimum absolute atomic E-state index is 0.0142. The number of pyridine rings is 1. The van der Waals surface area contributed by atoms with Crippen molar-refractivity contribution in [2.45, 2.75) is 44.5 Å². The molecule has 1 amide bonds. The summed E-state index contributed by atoms with van der Waals surface area (Å²) >= 11 is 1.14. The molecule has 0 saturated carbocycles. The third-order valence-corrected chi connectivity index (χ3v) is 9.40. The van der Waals surface area contributed by atoms with E-state index in [2.05, 4.69) is 15.3 Å². The van der Waals surface area contributed by atoms with Crippen LogP contribution in [0.2, 0.25) is 0 Å². The molecule has 3 heterocycles. The average Bonchev–Trinajstić information content (AvgIpc) is 3.25. The summed E-state index contributed by atoms with van der Waals surface area (Å²) < 4.78 is 98.0. The molecule has 2 aromatic heterocycles. The third-order valence-electron chi connectivity index (χ3n) is 6.81. The summed E-state index contributed by atoms with van der Waals surface area (Å²) in [6.07, 6.45) is -8.60. The number of nitrogens with zero attached hydrogens (tertiary/aromatic N) is 3. The number of anilines is 2. The predicted octanol–water partition coefficient (Wildman–Crippen LogP) is 5.58. The van der Waals surface area contributed by atoms with E-state index in [9.17, 15) is 35.2 Å². The van der Waals surface area contributed by atoms with E-state index in [1.807, 2.05) is 0 Å². The Kier molecular flexibility index (Phi) is 8.66. The van der Waals surface area contributed by atoms with Crippen molar-refractivity contribution in [1.82, 2.24) is 14.9 Å². The number of thiazole rings is 1. The van der Waals surface area contributed by atoms with E-state index in [1.54, 1.807) is 6.92 Å². The molecule has 8 nitrogen and oxygen atoms in total. The van der Waals surface area contributed by atoms with Crippen molar-refractivity contribution < 1.29 is 39.9 Å². The number of alkyl halides is 5. The Morgan fingerprint density at radius 1 is 1.18 bits per heavy atom. The van der Waals surface area contributed by atoms with E-state index in [0.29, 0.717) is 9.84 Å². The number of carbonyl (C=O) groups excluding carboxylic acids is 1. The molecule has 4 rings (SSSR count). The van der Waals surface area contributed by atoms with Gasteiger partial charge in [-0.2, -0.15) is 13.2 Å². The van der Waals surface area contributed by atoms with Crippen molar-refractivity contribution in [2.24, 2.45) is 5.92 Å². The zero-order valence-corrected chi connectivity index (χ0v) is 23.3. The molecule has 0 spiro atoms. The second-order valence-corrected chi connectivity index (χ2v) is 13.0. The van der Waals surface area contributed by atoms with Gasteiger partial charge in [-0.05, 0) is 37.5 Å². The Labute approximate surface area is 231 Å². The number of nitrogens with one attached hydrogen (secondary N) is 1. The predicted molar refractivity (Wildman–Crippen MR) is 141 cm³/mol. The van der Waals surface area contributed by atoms with Gasteiger partial charge in [-0.25, -0.2) is 27.2 Å².